The Labute approximate surface area is 433 Å². The van der Waals surface area contributed by atoms with Crippen LogP contribution < -0.4 is 26.3 Å². The number of aromatic nitrogens is 3. The van der Waals surface area contributed by atoms with Crippen LogP contribution in [0, 0.1) is 34.3 Å². The third kappa shape index (κ3) is 14.1. The highest BCUT2D eigenvalue weighted by Gasteiger charge is 2.45. The van der Waals surface area contributed by atoms with Gasteiger partial charge in [-0.3, -0.25) is 19.9 Å². The molecule has 18 nitrogen and oxygen atoms in total. The first kappa shape index (κ1) is 55.9. The number of halogens is 4. The minimum Gasteiger partial charge on any atom is -0.453 e. The fourth-order valence-electron chi connectivity index (χ4n) is 9.55. The van der Waals surface area contributed by atoms with Crippen LogP contribution in [0.25, 0.3) is 11.3 Å². The third-order valence-corrected chi connectivity index (χ3v) is 13.6. The molecule has 2 aromatic heterocycles. The lowest BCUT2D eigenvalue weighted by Gasteiger charge is -2.47. The molecule has 4 aromatic rings. The zero-order chi connectivity index (χ0) is 54.4. The first-order valence-electron chi connectivity index (χ1n) is 24.7. The topological polar surface area (TPSA) is 205 Å². The van der Waals surface area contributed by atoms with Crippen molar-refractivity contribution in [2.24, 2.45) is 10.8 Å². The van der Waals surface area contributed by atoms with Gasteiger partial charge in [0.2, 0.25) is 5.91 Å². The number of fused-ring (bicyclic) bond motifs is 2. The first-order valence-corrected chi connectivity index (χ1v) is 24.7. The van der Waals surface area contributed by atoms with Crippen LogP contribution >= 0.6 is 0 Å². The number of aliphatic hydroxyl groups is 1. The lowest BCUT2D eigenvalue weighted by molar-refractivity contribution is -0.132. The second-order valence-electron chi connectivity index (χ2n) is 21.3. The number of ether oxygens (including phenoxy) is 3. The Morgan fingerprint density at radius 2 is 1.39 bits per heavy atom. The highest BCUT2D eigenvalue weighted by atomic mass is 19.3. The van der Waals surface area contributed by atoms with Gasteiger partial charge in [0.05, 0.1) is 51.3 Å². The van der Waals surface area contributed by atoms with E-state index in [1.165, 1.54) is 18.9 Å². The molecule has 5 N–H and O–H groups in total. The summed E-state index contributed by atoms with van der Waals surface area (Å²) in [5.41, 5.74) is 1.89. The number of anilines is 1. The number of benzene rings is 2. The molecule has 404 valence electrons. The van der Waals surface area contributed by atoms with Crippen LogP contribution in [0.2, 0.25) is 0 Å². The maximum atomic E-state index is 16.0. The maximum absolute atomic E-state index is 16.0. The van der Waals surface area contributed by atoms with Gasteiger partial charge in [-0.1, -0.05) is 65.5 Å². The van der Waals surface area contributed by atoms with Crippen LogP contribution in [-0.4, -0.2) is 143 Å². The van der Waals surface area contributed by atoms with Crippen LogP contribution in [-0.2, 0) is 36.8 Å². The van der Waals surface area contributed by atoms with Crippen LogP contribution in [0.1, 0.15) is 83.2 Å². The van der Waals surface area contributed by atoms with Gasteiger partial charge in [0.25, 0.3) is 5.91 Å². The van der Waals surface area contributed by atoms with Crippen LogP contribution in [0.4, 0.5) is 33.0 Å². The third-order valence-electron chi connectivity index (χ3n) is 13.6. The van der Waals surface area contributed by atoms with Gasteiger partial charge in [-0.05, 0) is 78.1 Å². The van der Waals surface area contributed by atoms with E-state index >= 15 is 8.78 Å². The van der Waals surface area contributed by atoms with E-state index in [1.54, 1.807) is 72.0 Å². The molecule has 0 saturated carbocycles. The van der Waals surface area contributed by atoms with Gasteiger partial charge in [0, 0.05) is 72.9 Å². The van der Waals surface area contributed by atoms with E-state index in [4.69, 9.17) is 19.2 Å². The summed E-state index contributed by atoms with van der Waals surface area (Å²) < 4.78 is 74.0. The van der Waals surface area contributed by atoms with Gasteiger partial charge in [-0.2, -0.15) is 13.9 Å². The van der Waals surface area contributed by atoms with Crippen molar-refractivity contribution in [2.75, 3.05) is 52.0 Å². The zero-order valence-corrected chi connectivity index (χ0v) is 43.3. The molecular weight excluding hydrogens is 981 g/mol. The van der Waals surface area contributed by atoms with Crippen molar-refractivity contribution in [3.8, 4) is 23.1 Å². The molecule has 3 aliphatic heterocycles. The number of alkyl carbamates (subject to hydrolysis) is 2. The highest BCUT2D eigenvalue weighted by molar-refractivity contribution is 5.87. The molecule has 5 heterocycles. The summed E-state index contributed by atoms with van der Waals surface area (Å²) in [6.45, 7) is 9.25. The molecule has 3 fully saturated rings. The van der Waals surface area contributed by atoms with E-state index < -0.39 is 95.9 Å². The Balaban J connectivity index is 1.13. The molecule has 2 aromatic carbocycles. The predicted molar refractivity (Wildman–Crippen MR) is 269 cm³/mol. The summed E-state index contributed by atoms with van der Waals surface area (Å²) >= 11 is 0. The number of rotatable bonds is 17. The molecule has 0 spiro atoms. The first-order chi connectivity index (χ1) is 35.5. The summed E-state index contributed by atoms with van der Waals surface area (Å²) in [5.74, 6) is 3.42. The summed E-state index contributed by atoms with van der Waals surface area (Å²) in [7, 11) is 2.25. The molecule has 7 rings (SSSR count). The number of aliphatic hydroxyl groups excluding tert-OH is 1. The van der Waals surface area contributed by atoms with E-state index in [9.17, 15) is 33.1 Å². The van der Waals surface area contributed by atoms with Crippen molar-refractivity contribution in [3.63, 3.8) is 0 Å². The monoisotopic (exact) mass is 1050 g/mol. The summed E-state index contributed by atoms with van der Waals surface area (Å²) in [6.07, 6.45) is 1.58. The molecular formula is C53H66F4N10O8. The number of carbonyl (C=O) groups is 4. The number of carbonyl (C=O) groups excluding carboxylic acids is 4. The van der Waals surface area contributed by atoms with Gasteiger partial charge >= 0.3 is 18.7 Å². The van der Waals surface area contributed by atoms with Gasteiger partial charge in [-0.15, -0.1) is 0 Å². The number of pyridine rings is 1. The number of nitrogens with zero attached hydrogens (tertiary/aromatic N) is 6. The lowest BCUT2D eigenvalue weighted by Crippen LogP contribution is -2.62. The van der Waals surface area contributed by atoms with Crippen LogP contribution in [0.15, 0.2) is 67.0 Å². The fourth-order valence-corrected chi connectivity index (χ4v) is 9.55. The quantitative estimate of drug-likeness (QED) is 0.0502. The predicted octanol–water partition coefficient (Wildman–Crippen LogP) is 5.53. The normalized spacial score (nSPS) is 18.5. The smallest absolute Gasteiger partial charge is 0.407 e. The fraction of sp³-hybridized carbons (Fsp3) is 0.509. The second kappa shape index (κ2) is 23.8. The number of piperazine rings is 1. The Hall–Kier alpha value is -6.80. The number of alkyl halides is 2. The van der Waals surface area contributed by atoms with E-state index in [1.807, 2.05) is 12.1 Å². The van der Waals surface area contributed by atoms with Gasteiger partial charge in [0.1, 0.15) is 29.5 Å². The maximum Gasteiger partial charge on any atom is 0.407 e. The van der Waals surface area contributed by atoms with E-state index in [0.717, 1.165) is 75.2 Å². The van der Waals surface area contributed by atoms with E-state index in [0.29, 0.717) is 33.9 Å². The van der Waals surface area contributed by atoms with Crippen molar-refractivity contribution < 1.29 is 56.1 Å². The number of nitrogens with one attached hydrogen (secondary N) is 4. The molecule has 4 amide bonds. The minimum absolute atomic E-state index is 0.0372. The van der Waals surface area contributed by atoms with Gasteiger partial charge < -0.3 is 40.2 Å². The van der Waals surface area contributed by atoms with Crippen molar-refractivity contribution in [3.05, 3.63) is 101 Å². The van der Waals surface area contributed by atoms with Gasteiger partial charge in [0.15, 0.2) is 0 Å². The molecule has 3 aliphatic rings. The number of methoxy groups -OCH3 is 2. The summed E-state index contributed by atoms with van der Waals surface area (Å²) in [4.78, 5) is 62.9. The molecule has 3 saturated heterocycles. The largest absolute Gasteiger partial charge is 0.453 e. The lowest BCUT2D eigenvalue weighted by atomic mass is 9.85. The standard InChI is InChI=1S/C53H66F4N10O8/c1-52(2,3)45(60-50(71)73-7)47(69)59-42(21-32-12-9-31(10-13-32)11-14-33-15-18-44(58-24-33)64-25-35-16-17-36(26-64)67(35)37-29-75-30-37)43(68)28-65(63-48(70)46(53(4,5)6)61-51(72)74-8)27-38-39(54)22-34(23-40(38)55)41-19-20-66(62-41)49(56)57/h9-10,12-13,15,18-20,22-24,35-37,42-43,45-46,49,68H,16-17,21,25-30H2,1-8H3,(H,59,69)(H,60,71)(H,61,72)(H,63,70)/t35?,36?,42-,43-,45+,46+/m0/s1. The second-order valence-corrected chi connectivity index (χ2v) is 21.3. The number of hydrazine groups is 1. The Morgan fingerprint density at radius 3 is 1.89 bits per heavy atom. The van der Waals surface area contributed by atoms with Crippen LogP contribution in [0.3, 0.4) is 0 Å². The van der Waals surface area contributed by atoms with E-state index in [-0.39, 0.29) is 17.7 Å². The molecule has 6 atom stereocenters. The number of amides is 4. The molecule has 2 bridgehead atoms. The van der Waals surface area contributed by atoms with Crippen molar-refractivity contribution in [1.82, 2.24) is 46.0 Å². The Bertz CT molecular complexity index is 2680. The molecule has 0 aliphatic carbocycles. The summed E-state index contributed by atoms with van der Waals surface area (Å²) in [6, 6.07) is 11.8. The van der Waals surface area contributed by atoms with Gasteiger partial charge in [-0.25, -0.2) is 33.0 Å². The summed E-state index contributed by atoms with van der Waals surface area (Å²) in [5, 5.41) is 24.8. The average Bonchev–Trinajstić information content (AvgIpc) is 3.93. The van der Waals surface area contributed by atoms with E-state index in [2.05, 4.69) is 48.1 Å². The van der Waals surface area contributed by atoms with Crippen molar-refractivity contribution in [2.45, 2.75) is 116 Å². The highest BCUT2D eigenvalue weighted by Crippen LogP contribution is 2.35. The number of hydrogen-bond donors (Lipinski definition) is 5. The zero-order valence-electron chi connectivity index (χ0n) is 43.3. The van der Waals surface area contributed by atoms with Crippen molar-refractivity contribution in [1.29, 1.82) is 0 Å². The molecule has 22 heteroatoms. The average molecular weight is 1050 g/mol. The van der Waals surface area contributed by atoms with Crippen LogP contribution in [0.5, 0.6) is 0 Å². The Morgan fingerprint density at radius 1 is 0.813 bits per heavy atom. The Kier molecular flexibility index (Phi) is 17.8. The molecule has 2 unspecified atom stereocenters. The number of hydrogen-bond acceptors (Lipinski definition) is 13. The molecule has 0 radical (unpaired) electrons. The molecule has 75 heavy (non-hydrogen) atoms. The van der Waals surface area contributed by atoms with Crippen molar-refractivity contribution >= 4 is 29.8 Å². The SMILES string of the molecule is COC(=O)N[C@H](C(=O)N[C@@H](Cc1ccc(C#Cc2ccc(N3CC4CCC(C3)N4C3COC3)nc2)cc1)[C@@H](O)CN(Cc1c(F)cc(-c2ccn(C(F)F)n2)cc1F)NC(=O)[C@@H](NC(=O)OC)C(C)(C)C)C(C)(C)C. The minimum atomic E-state index is -3.00.